The van der Waals surface area contributed by atoms with Crippen molar-refractivity contribution in [1.82, 2.24) is 14.7 Å². The Morgan fingerprint density at radius 3 is 2.86 bits per heavy atom. The van der Waals surface area contributed by atoms with Gasteiger partial charge in [0.25, 0.3) is 0 Å². The molecule has 5 nitrogen and oxygen atoms in total. The van der Waals surface area contributed by atoms with E-state index in [1.165, 1.54) is 16.8 Å². The number of nitrogens with zero attached hydrogens (tertiary/aromatic N) is 4. The summed E-state index contributed by atoms with van der Waals surface area (Å²) < 4.78 is 21.4. The first-order valence-electron chi connectivity index (χ1n) is 6.23. The van der Waals surface area contributed by atoms with Crippen LogP contribution in [0.5, 0.6) is 5.88 Å². The number of hydrogen-bond donors (Lipinski definition) is 0. The third kappa shape index (κ3) is 4.15. The Labute approximate surface area is 136 Å². The van der Waals surface area contributed by atoms with Crippen LogP contribution in [0.3, 0.4) is 0 Å². The molecule has 0 radical (unpaired) electrons. The van der Waals surface area contributed by atoms with Crippen LogP contribution in [-0.4, -0.2) is 41.9 Å². The average molecular weight is 400 g/mol. The summed E-state index contributed by atoms with van der Waals surface area (Å²) in [6.45, 7) is 1.30. The lowest BCUT2D eigenvalue weighted by Crippen LogP contribution is -2.19. The summed E-state index contributed by atoms with van der Waals surface area (Å²) in [5.41, 5.74) is 0.748. The lowest BCUT2D eigenvalue weighted by molar-refractivity contribution is 0.251. The zero-order valence-electron chi connectivity index (χ0n) is 11.7. The minimum atomic E-state index is -0.468. The van der Waals surface area contributed by atoms with Gasteiger partial charge >= 0.3 is 0 Å². The summed E-state index contributed by atoms with van der Waals surface area (Å²) in [4.78, 5) is 2.01. The molecule has 0 aliphatic rings. The van der Waals surface area contributed by atoms with Crippen molar-refractivity contribution in [2.24, 2.45) is 0 Å². The van der Waals surface area contributed by atoms with Gasteiger partial charge in [-0.2, -0.15) is 5.26 Å². The van der Waals surface area contributed by atoms with Crippen LogP contribution in [0.25, 0.3) is 5.69 Å². The number of hydrogen-bond acceptors (Lipinski definition) is 4. The van der Waals surface area contributed by atoms with Crippen molar-refractivity contribution in [1.29, 1.82) is 5.26 Å². The molecule has 2 rings (SSSR count). The number of nitriles is 1. The summed E-state index contributed by atoms with van der Waals surface area (Å²) in [5, 5.41) is 13.2. The Balaban J connectivity index is 2.22. The molecule has 0 unspecified atom stereocenters. The fraction of sp³-hybridized carbons (Fsp3) is 0.286. The van der Waals surface area contributed by atoms with Gasteiger partial charge in [-0.25, -0.2) is 9.07 Å². The third-order valence-electron chi connectivity index (χ3n) is 2.69. The van der Waals surface area contributed by atoms with Gasteiger partial charge in [-0.05, 0) is 54.9 Å². The van der Waals surface area contributed by atoms with Crippen LogP contribution in [-0.2, 0) is 0 Å². The molecule has 1 aromatic carbocycles. The molecule has 21 heavy (non-hydrogen) atoms. The molecule has 1 heterocycles. The van der Waals surface area contributed by atoms with Crippen molar-refractivity contribution >= 4 is 22.6 Å². The highest BCUT2D eigenvalue weighted by atomic mass is 127. The van der Waals surface area contributed by atoms with E-state index in [-0.39, 0.29) is 5.56 Å². The lowest BCUT2D eigenvalue weighted by Gasteiger charge is -2.09. The van der Waals surface area contributed by atoms with Gasteiger partial charge in [0.15, 0.2) is 0 Å². The number of halogens is 2. The molecule has 0 spiro atoms. The van der Waals surface area contributed by atoms with E-state index < -0.39 is 5.82 Å². The second kappa shape index (κ2) is 6.87. The summed E-state index contributed by atoms with van der Waals surface area (Å²) in [5.74, 6) is 0.0323. The quantitative estimate of drug-likeness (QED) is 0.724. The monoisotopic (exact) mass is 400 g/mol. The molecule has 1 aromatic heterocycles. The number of rotatable bonds is 5. The van der Waals surface area contributed by atoms with Crippen molar-refractivity contribution in [3.05, 3.63) is 39.3 Å². The van der Waals surface area contributed by atoms with Crippen LogP contribution in [0.2, 0.25) is 0 Å². The molecule has 0 bridgehead atoms. The van der Waals surface area contributed by atoms with Gasteiger partial charge < -0.3 is 9.64 Å². The highest BCUT2D eigenvalue weighted by Gasteiger charge is 2.10. The first-order chi connectivity index (χ1) is 9.99. The molecule has 0 saturated heterocycles. The molecule has 2 aromatic rings. The zero-order chi connectivity index (χ0) is 15.4. The van der Waals surface area contributed by atoms with Crippen LogP contribution >= 0.6 is 22.6 Å². The standard InChI is InChI=1S/C14H14FIN4O/c1-19(2)3-4-21-14-13(16)9-20(18-14)12-6-10(8-17)5-11(15)7-12/h5-7,9H,3-4H2,1-2H3. The largest absolute Gasteiger partial charge is 0.474 e. The van der Waals surface area contributed by atoms with Crippen molar-refractivity contribution in [2.45, 2.75) is 0 Å². The Morgan fingerprint density at radius 1 is 1.43 bits per heavy atom. The molecule has 0 fully saturated rings. The van der Waals surface area contributed by atoms with Crippen LogP contribution in [0.15, 0.2) is 24.4 Å². The van der Waals surface area contributed by atoms with Gasteiger partial charge in [0, 0.05) is 12.7 Å². The number of aromatic nitrogens is 2. The highest BCUT2D eigenvalue weighted by Crippen LogP contribution is 2.21. The SMILES string of the molecule is CN(C)CCOc1nn(-c2cc(F)cc(C#N)c2)cc1I. The molecule has 0 N–H and O–H groups in total. The normalized spacial score (nSPS) is 10.7. The second-order valence-corrected chi connectivity index (χ2v) is 5.85. The first-order valence-corrected chi connectivity index (χ1v) is 7.31. The van der Waals surface area contributed by atoms with Crippen molar-refractivity contribution < 1.29 is 9.13 Å². The van der Waals surface area contributed by atoms with E-state index in [2.05, 4.69) is 27.7 Å². The van der Waals surface area contributed by atoms with Gasteiger partial charge in [0.2, 0.25) is 5.88 Å². The molecule has 0 aliphatic carbocycles. The number of likely N-dealkylation sites (N-methyl/N-ethyl adjacent to an activating group) is 1. The Bertz CT molecular complexity index is 678. The molecule has 7 heteroatoms. The van der Waals surface area contributed by atoms with Crippen molar-refractivity contribution in [3.63, 3.8) is 0 Å². The van der Waals surface area contributed by atoms with E-state index >= 15 is 0 Å². The van der Waals surface area contributed by atoms with Crippen molar-refractivity contribution in [3.8, 4) is 17.6 Å². The van der Waals surface area contributed by atoms with Crippen LogP contribution in [0.4, 0.5) is 4.39 Å². The van der Waals surface area contributed by atoms with E-state index in [1.807, 2.05) is 25.1 Å². The fourth-order valence-electron chi connectivity index (χ4n) is 1.66. The maximum absolute atomic E-state index is 13.5. The van der Waals surface area contributed by atoms with Crippen molar-refractivity contribution in [2.75, 3.05) is 27.2 Å². The first kappa shape index (κ1) is 15.7. The smallest absolute Gasteiger partial charge is 0.246 e. The zero-order valence-corrected chi connectivity index (χ0v) is 13.8. The third-order valence-corrected chi connectivity index (χ3v) is 3.43. The van der Waals surface area contributed by atoms with Crippen LogP contribution < -0.4 is 4.74 Å². The van der Waals surface area contributed by atoms with Gasteiger partial charge in [0.05, 0.1) is 20.9 Å². The van der Waals surface area contributed by atoms with Gasteiger partial charge in [-0.3, -0.25) is 0 Å². The molecule has 110 valence electrons. The maximum atomic E-state index is 13.5. The topological polar surface area (TPSA) is 54.1 Å². The highest BCUT2D eigenvalue weighted by molar-refractivity contribution is 14.1. The molecular formula is C14H14FIN4O. The summed E-state index contributed by atoms with van der Waals surface area (Å²) in [6.07, 6.45) is 1.74. The predicted molar refractivity (Wildman–Crippen MR) is 85.0 cm³/mol. The summed E-state index contributed by atoms with van der Waals surface area (Å²) in [6, 6.07) is 6.02. The average Bonchev–Trinajstić information content (AvgIpc) is 2.79. The van der Waals surface area contributed by atoms with E-state index in [0.29, 0.717) is 18.2 Å². The predicted octanol–water partition coefficient (Wildman–Crippen LogP) is 2.43. The Hall–Kier alpha value is -1.66. The second-order valence-electron chi connectivity index (χ2n) is 4.69. The number of ether oxygens (including phenoxy) is 1. The van der Waals surface area contributed by atoms with E-state index in [0.717, 1.165) is 10.1 Å². The van der Waals surface area contributed by atoms with E-state index in [9.17, 15) is 4.39 Å². The van der Waals surface area contributed by atoms with Gasteiger partial charge in [-0.1, -0.05) is 0 Å². The summed E-state index contributed by atoms with van der Waals surface area (Å²) in [7, 11) is 3.92. The van der Waals surface area contributed by atoms with Crippen LogP contribution in [0, 0.1) is 20.7 Å². The lowest BCUT2D eigenvalue weighted by atomic mass is 10.2. The van der Waals surface area contributed by atoms with E-state index in [1.54, 1.807) is 12.3 Å². The molecule has 0 aliphatic heterocycles. The Morgan fingerprint density at radius 2 is 2.19 bits per heavy atom. The minimum absolute atomic E-state index is 0.255. The molecular weight excluding hydrogens is 386 g/mol. The fourth-order valence-corrected chi connectivity index (χ4v) is 2.19. The molecule has 0 saturated carbocycles. The molecule has 0 atom stereocenters. The van der Waals surface area contributed by atoms with Crippen LogP contribution in [0.1, 0.15) is 5.56 Å². The minimum Gasteiger partial charge on any atom is -0.474 e. The van der Waals surface area contributed by atoms with E-state index in [4.69, 9.17) is 10.00 Å². The Kier molecular flexibility index (Phi) is 5.14. The maximum Gasteiger partial charge on any atom is 0.246 e. The van der Waals surface area contributed by atoms with Gasteiger partial charge in [-0.15, -0.1) is 5.10 Å². The van der Waals surface area contributed by atoms with Gasteiger partial charge in [0.1, 0.15) is 12.4 Å². The number of benzene rings is 1. The summed E-state index contributed by atoms with van der Waals surface area (Å²) >= 11 is 2.11. The molecule has 0 amide bonds.